The van der Waals surface area contributed by atoms with Crippen LogP contribution in [0.15, 0.2) is 30.6 Å². The second kappa shape index (κ2) is 7.22. The van der Waals surface area contributed by atoms with Gasteiger partial charge in [0.25, 0.3) is 5.91 Å². The molecular formula is C19H22N6O2. The van der Waals surface area contributed by atoms with E-state index in [-0.39, 0.29) is 11.8 Å². The van der Waals surface area contributed by atoms with Crippen LogP contribution < -0.4 is 10.1 Å². The van der Waals surface area contributed by atoms with E-state index in [9.17, 15) is 4.79 Å². The van der Waals surface area contributed by atoms with E-state index in [1.54, 1.807) is 13.4 Å². The maximum Gasteiger partial charge on any atom is 0.271 e. The fourth-order valence-electron chi connectivity index (χ4n) is 3.55. The molecule has 0 bridgehead atoms. The van der Waals surface area contributed by atoms with Gasteiger partial charge in [-0.2, -0.15) is 0 Å². The van der Waals surface area contributed by atoms with Crippen LogP contribution in [0.4, 0.5) is 0 Å². The van der Waals surface area contributed by atoms with E-state index < -0.39 is 0 Å². The summed E-state index contributed by atoms with van der Waals surface area (Å²) >= 11 is 0. The standard InChI is InChI=1S/C19H22N6O2/c1-3-25-11-21-24-17(25)9-16-22-14-8-12(10-20-19(26)18(14)23-16)13-6-4-5-7-15(13)27-2/h4-7,11-12H,3,8-10H2,1-2H3,(H,20,26)(H,22,23)/t12-/m0/s1. The topological polar surface area (TPSA) is 97.7 Å². The summed E-state index contributed by atoms with van der Waals surface area (Å²) in [6, 6.07) is 7.92. The van der Waals surface area contributed by atoms with Crippen LogP contribution in [-0.4, -0.2) is 44.3 Å². The third-order valence-corrected chi connectivity index (χ3v) is 4.94. The molecule has 3 aromatic rings. The molecule has 0 saturated heterocycles. The number of rotatable bonds is 5. The second-order valence-corrected chi connectivity index (χ2v) is 6.57. The number of aryl methyl sites for hydroxylation is 1. The fraction of sp³-hybridized carbons (Fsp3) is 0.368. The van der Waals surface area contributed by atoms with Gasteiger partial charge in [0.05, 0.1) is 13.5 Å². The van der Waals surface area contributed by atoms with Crippen LogP contribution in [-0.2, 0) is 19.4 Å². The molecule has 1 aliphatic rings. The highest BCUT2D eigenvalue weighted by Gasteiger charge is 2.27. The summed E-state index contributed by atoms with van der Waals surface area (Å²) in [5.41, 5.74) is 2.39. The van der Waals surface area contributed by atoms with Crippen LogP contribution in [0.25, 0.3) is 0 Å². The Balaban J connectivity index is 1.63. The highest BCUT2D eigenvalue weighted by molar-refractivity contribution is 5.94. The van der Waals surface area contributed by atoms with Gasteiger partial charge in [0.2, 0.25) is 0 Å². The Bertz CT molecular complexity index is 961. The minimum absolute atomic E-state index is 0.110. The van der Waals surface area contributed by atoms with Crippen molar-refractivity contribution in [2.24, 2.45) is 0 Å². The lowest BCUT2D eigenvalue weighted by molar-refractivity contribution is 0.0950. The lowest BCUT2D eigenvalue weighted by Gasteiger charge is -2.17. The normalized spacial score (nSPS) is 16.5. The molecule has 1 aromatic carbocycles. The first-order chi connectivity index (χ1) is 13.2. The molecule has 2 N–H and O–H groups in total. The Kier molecular flexibility index (Phi) is 4.62. The Morgan fingerprint density at radius 2 is 2.19 bits per heavy atom. The number of para-hydroxylation sites is 1. The third-order valence-electron chi connectivity index (χ3n) is 4.94. The molecule has 0 spiro atoms. The van der Waals surface area contributed by atoms with Crippen LogP contribution in [0, 0.1) is 0 Å². The molecule has 3 heterocycles. The molecule has 1 aliphatic heterocycles. The van der Waals surface area contributed by atoms with Crippen molar-refractivity contribution in [1.82, 2.24) is 30.0 Å². The number of hydrogen-bond donors (Lipinski definition) is 2. The van der Waals surface area contributed by atoms with Gasteiger partial charge in [-0.15, -0.1) is 10.2 Å². The molecule has 0 aliphatic carbocycles. The molecule has 0 unspecified atom stereocenters. The summed E-state index contributed by atoms with van der Waals surface area (Å²) in [6.07, 6.45) is 2.89. The molecule has 8 heteroatoms. The SMILES string of the molecule is CCn1cnnc1Cc1nc2c([nH]1)C[C@H](c1ccccc1OC)CNC2=O. The van der Waals surface area contributed by atoms with Crippen molar-refractivity contribution in [1.29, 1.82) is 0 Å². The molecule has 0 saturated carbocycles. The smallest absolute Gasteiger partial charge is 0.271 e. The number of aromatic amines is 1. The molecule has 1 amide bonds. The number of fused-ring (bicyclic) bond motifs is 1. The van der Waals surface area contributed by atoms with Gasteiger partial charge in [0.15, 0.2) is 0 Å². The van der Waals surface area contributed by atoms with Gasteiger partial charge in [-0.3, -0.25) is 4.79 Å². The molecular weight excluding hydrogens is 344 g/mol. The number of methoxy groups -OCH3 is 1. The van der Waals surface area contributed by atoms with E-state index in [1.807, 2.05) is 35.8 Å². The number of ether oxygens (including phenoxy) is 1. The van der Waals surface area contributed by atoms with Gasteiger partial charge >= 0.3 is 0 Å². The number of carbonyl (C=O) groups is 1. The number of nitrogens with one attached hydrogen (secondary N) is 2. The van der Waals surface area contributed by atoms with Gasteiger partial charge in [-0.1, -0.05) is 18.2 Å². The number of benzene rings is 1. The number of hydrogen-bond acceptors (Lipinski definition) is 5. The van der Waals surface area contributed by atoms with E-state index in [4.69, 9.17) is 4.74 Å². The zero-order chi connectivity index (χ0) is 18.8. The molecule has 1 atom stereocenters. The van der Waals surface area contributed by atoms with Crippen molar-refractivity contribution in [3.63, 3.8) is 0 Å². The van der Waals surface area contributed by atoms with Crippen LogP contribution >= 0.6 is 0 Å². The van der Waals surface area contributed by atoms with Gasteiger partial charge in [0.1, 0.15) is 29.4 Å². The van der Waals surface area contributed by atoms with Gasteiger partial charge in [0, 0.05) is 24.7 Å². The number of nitrogens with zero attached hydrogens (tertiary/aromatic N) is 4. The Labute approximate surface area is 157 Å². The largest absolute Gasteiger partial charge is 0.496 e. The van der Waals surface area contributed by atoms with Crippen molar-refractivity contribution < 1.29 is 9.53 Å². The maximum absolute atomic E-state index is 12.5. The summed E-state index contributed by atoms with van der Waals surface area (Å²) in [6.45, 7) is 3.37. The first-order valence-corrected chi connectivity index (χ1v) is 9.05. The predicted molar refractivity (Wildman–Crippen MR) is 98.9 cm³/mol. The van der Waals surface area contributed by atoms with Crippen molar-refractivity contribution in [2.75, 3.05) is 13.7 Å². The first-order valence-electron chi connectivity index (χ1n) is 9.05. The zero-order valence-corrected chi connectivity index (χ0v) is 15.4. The third kappa shape index (κ3) is 3.30. The van der Waals surface area contributed by atoms with E-state index in [1.165, 1.54) is 0 Å². The minimum atomic E-state index is -0.151. The highest BCUT2D eigenvalue weighted by Crippen LogP contribution is 2.30. The number of amides is 1. The number of H-pyrrole nitrogens is 1. The molecule has 0 radical (unpaired) electrons. The second-order valence-electron chi connectivity index (χ2n) is 6.57. The lowest BCUT2D eigenvalue weighted by Crippen LogP contribution is -2.26. The zero-order valence-electron chi connectivity index (χ0n) is 15.4. The quantitative estimate of drug-likeness (QED) is 0.716. The summed E-state index contributed by atoms with van der Waals surface area (Å²) < 4.78 is 7.46. The van der Waals surface area contributed by atoms with E-state index >= 15 is 0 Å². The number of imidazole rings is 1. The summed E-state index contributed by atoms with van der Waals surface area (Å²) in [7, 11) is 1.66. The monoisotopic (exact) mass is 366 g/mol. The maximum atomic E-state index is 12.5. The van der Waals surface area contributed by atoms with E-state index in [0.29, 0.717) is 25.1 Å². The molecule has 8 nitrogen and oxygen atoms in total. The van der Waals surface area contributed by atoms with E-state index in [2.05, 4.69) is 25.5 Å². The van der Waals surface area contributed by atoms with Crippen LogP contribution in [0.5, 0.6) is 5.75 Å². The average Bonchev–Trinajstić information content (AvgIpc) is 3.28. The van der Waals surface area contributed by atoms with Crippen molar-refractivity contribution >= 4 is 5.91 Å². The average molecular weight is 366 g/mol. The summed E-state index contributed by atoms with van der Waals surface area (Å²) in [5.74, 6) is 2.33. The minimum Gasteiger partial charge on any atom is -0.496 e. The number of aromatic nitrogens is 5. The van der Waals surface area contributed by atoms with E-state index in [0.717, 1.165) is 35.2 Å². The lowest BCUT2D eigenvalue weighted by atomic mass is 9.93. The van der Waals surface area contributed by atoms with Crippen molar-refractivity contribution in [2.45, 2.75) is 32.2 Å². The molecule has 27 heavy (non-hydrogen) atoms. The molecule has 140 valence electrons. The van der Waals surface area contributed by atoms with Gasteiger partial charge in [-0.25, -0.2) is 4.98 Å². The summed E-state index contributed by atoms with van der Waals surface area (Å²) in [5, 5.41) is 11.1. The Morgan fingerprint density at radius 3 is 3.00 bits per heavy atom. The van der Waals surface area contributed by atoms with Gasteiger partial charge < -0.3 is 19.6 Å². The summed E-state index contributed by atoms with van der Waals surface area (Å²) in [4.78, 5) is 20.4. The van der Waals surface area contributed by atoms with Crippen LogP contribution in [0.1, 0.15) is 46.2 Å². The van der Waals surface area contributed by atoms with Crippen molar-refractivity contribution in [3.8, 4) is 5.75 Å². The first kappa shape index (κ1) is 17.3. The van der Waals surface area contributed by atoms with Crippen LogP contribution in [0.3, 0.4) is 0 Å². The molecule has 2 aromatic heterocycles. The predicted octanol–water partition coefficient (Wildman–Crippen LogP) is 1.69. The highest BCUT2D eigenvalue weighted by atomic mass is 16.5. The molecule has 0 fully saturated rings. The van der Waals surface area contributed by atoms with Gasteiger partial charge in [-0.05, 0) is 25.0 Å². The fourth-order valence-corrected chi connectivity index (χ4v) is 3.55. The Morgan fingerprint density at radius 1 is 1.33 bits per heavy atom. The molecule has 4 rings (SSSR count). The van der Waals surface area contributed by atoms with Crippen molar-refractivity contribution in [3.05, 3.63) is 59.2 Å². The number of carbonyl (C=O) groups excluding carboxylic acids is 1. The van der Waals surface area contributed by atoms with Crippen LogP contribution in [0.2, 0.25) is 0 Å². The Hall–Kier alpha value is -3.16.